The predicted molar refractivity (Wildman–Crippen MR) is 421 cm³/mol. The highest BCUT2D eigenvalue weighted by Gasteiger charge is 2.39. The van der Waals surface area contributed by atoms with Crippen molar-refractivity contribution in [3.63, 3.8) is 0 Å². The molecule has 0 aliphatic heterocycles. The maximum absolute atomic E-state index is 15.4. The summed E-state index contributed by atoms with van der Waals surface area (Å²) < 4.78 is 0. The van der Waals surface area contributed by atoms with E-state index < -0.39 is 162 Å². The molecule has 0 saturated heterocycles. The molecule has 6 rings (SSSR count). The number of guanidine groups is 1. The number of carbonyl (C=O) groups excluding carboxylic acids is 11. The minimum atomic E-state index is -1.89. The Morgan fingerprint density at radius 2 is 0.795 bits per heavy atom. The average molecular weight is 1590 g/mol. The van der Waals surface area contributed by atoms with Gasteiger partial charge in [-0.15, -0.1) is 0 Å². The van der Waals surface area contributed by atoms with Gasteiger partial charge < -0.3 is 112 Å². The van der Waals surface area contributed by atoms with Gasteiger partial charge in [-0.25, -0.2) is 4.79 Å². The number of carboxylic acid groups (broad SMARTS) is 1. The molecule has 11 amide bonds. The van der Waals surface area contributed by atoms with Crippen LogP contribution in [-0.4, -0.2) is 223 Å². The van der Waals surface area contributed by atoms with Gasteiger partial charge in [-0.1, -0.05) is 121 Å². The number of aromatic amines is 1. The molecule has 14 atom stereocenters. The van der Waals surface area contributed by atoms with E-state index in [1.54, 1.807) is 121 Å². The SMILES string of the molecule is CC(O)[C@H](NC(=O)[C@H](CCCCN)NC(=O)[C@@H](Cc1c[nH]c2ccccc12)NC(=O)[C@H](Cc1ccccc1)NC(=O)[C@H](Cc1ccccc1)NC(=O)[C@@H](Cc1ccc(O)cc1)NC(=O)[C@H](CCCNC(=N)N)NC(=O)[C@@H](N)CS)C(=O)N[C@@H](Cc1ccccc1)C(=O)N[C@H](C(=O)N[C@@H](CO)C(=O)N[C@H](CS)C(=O)O)C(C)O. The lowest BCUT2D eigenvalue weighted by Gasteiger charge is -2.29. The van der Waals surface area contributed by atoms with Crippen molar-refractivity contribution in [3.05, 3.63) is 174 Å². The van der Waals surface area contributed by atoms with Crippen LogP contribution in [0.25, 0.3) is 10.9 Å². The molecule has 0 saturated carbocycles. The number of rotatable bonds is 46. The number of carbonyl (C=O) groups is 12. The molecule has 36 heteroatoms. The highest BCUT2D eigenvalue weighted by atomic mass is 32.1. The van der Waals surface area contributed by atoms with Gasteiger partial charge in [0.25, 0.3) is 0 Å². The summed E-state index contributed by atoms with van der Waals surface area (Å²) in [7, 11) is 0. The van der Waals surface area contributed by atoms with Crippen molar-refractivity contribution < 1.29 is 83.1 Å². The largest absolute Gasteiger partial charge is 0.508 e. The second-order valence-electron chi connectivity index (χ2n) is 26.8. The number of benzene rings is 5. The Kier molecular flexibility index (Phi) is 36.8. The van der Waals surface area contributed by atoms with Crippen LogP contribution >= 0.6 is 25.3 Å². The zero-order valence-electron chi connectivity index (χ0n) is 61.8. The molecule has 0 spiro atoms. The summed E-state index contributed by atoms with van der Waals surface area (Å²) in [6.45, 7) is 1.49. The minimum absolute atomic E-state index is 0.0282. The van der Waals surface area contributed by atoms with E-state index in [0.717, 1.165) is 13.8 Å². The van der Waals surface area contributed by atoms with E-state index in [4.69, 9.17) is 22.6 Å². The molecule has 6 aromatic rings. The molecule has 0 aliphatic carbocycles. The summed E-state index contributed by atoms with van der Waals surface area (Å²) >= 11 is 8.02. The lowest BCUT2D eigenvalue weighted by Crippen LogP contribution is -2.63. The molecule has 112 heavy (non-hydrogen) atoms. The van der Waals surface area contributed by atoms with Gasteiger partial charge in [-0.3, -0.25) is 58.1 Å². The number of fused-ring (bicyclic) bond motifs is 1. The van der Waals surface area contributed by atoms with Crippen LogP contribution in [0, 0.1) is 5.41 Å². The van der Waals surface area contributed by atoms with Crippen LogP contribution < -0.4 is 81.0 Å². The van der Waals surface area contributed by atoms with Gasteiger partial charge in [-0.2, -0.15) is 25.3 Å². The second-order valence-corrected chi connectivity index (χ2v) is 27.5. The summed E-state index contributed by atoms with van der Waals surface area (Å²) in [6.07, 6.45) is -2.46. The first-order chi connectivity index (χ1) is 53.5. The number of aromatic nitrogens is 1. The van der Waals surface area contributed by atoms with Crippen molar-refractivity contribution in [3.8, 4) is 5.75 Å². The third-order valence-corrected chi connectivity index (χ3v) is 18.7. The first kappa shape index (κ1) is 89.7. The van der Waals surface area contributed by atoms with Crippen LogP contribution in [0.1, 0.15) is 73.8 Å². The van der Waals surface area contributed by atoms with Crippen LogP contribution in [0.3, 0.4) is 0 Å². The van der Waals surface area contributed by atoms with E-state index in [-0.39, 0.29) is 94.1 Å². The van der Waals surface area contributed by atoms with Crippen LogP contribution in [0.15, 0.2) is 146 Å². The summed E-state index contributed by atoms with van der Waals surface area (Å²) in [4.78, 5) is 174. The standard InChI is InChI=1S/C76H101N17O17S2/c1-42(95)62(73(107)89-58(35-46-21-10-5-11-22-46)71(105)93-63(43(2)96)74(108)90-60(39-94)72(106)91-61(41-112)75(109)110)92-66(100)53(25-14-15-31-77)84-70(104)59(37-48-38-82-52-24-13-12-23-50(48)52)88-69(103)56(34-45-19-8-4-9-20-45)87-67(101)55(33-44-17-6-3-7-18-44)86-68(102)57(36-47-27-29-49(97)30-28-47)85-65(99)54(26-16-32-81-76(79)80)83-64(98)51(78)40-111/h3-13,17-24,27-30,38,42-43,51,53-63,82,94-97,111-112H,14-16,25-26,31-37,39-41,77-78H2,1-2H3,(H,83,98)(H,84,104)(H,85,99)(H,86,102)(H,87,101)(H,88,103)(H,89,107)(H,90,108)(H,91,106)(H,92,100)(H,93,105)(H,109,110)(H4,79,80,81)/t42?,43?,51-,53-,54-,55-,56-,57+,58-,59+,60-,61+,62-,63-/m0/s1. The number of unbranched alkanes of at least 4 members (excludes halogenated alkanes) is 1. The van der Waals surface area contributed by atoms with Crippen molar-refractivity contribution in [2.24, 2.45) is 17.2 Å². The van der Waals surface area contributed by atoms with Gasteiger partial charge in [0.1, 0.15) is 72.2 Å². The number of hydrogen-bond acceptors (Lipinski definition) is 21. The quantitative estimate of drug-likeness (QED) is 0.00791. The number of aliphatic carboxylic acids is 1. The normalized spacial score (nSPS) is 14.9. The Balaban J connectivity index is 1.31. The Morgan fingerprint density at radius 1 is 0.438 bits per heavy atom. The highest BCUT2D eigenvalue weighted by Crippen LogP contribution is 2.21. The minimum Gasteiger partial charge on any atom is -0.508 e. The van der Waals surface area contributed by atoms with Gasteiger partial charge in [0.15, 0.2) is 5.96 Å². The van der Waals surface area contributed by atoms with E-state index in [1.165, 1.54) is 24.3 Å². The first-order valence-electron chi connectivity index (χ1n) is 36.3. The molecule has 604 valence electrons. The number of phenolic OH excluding ortho intramolecular Hbond substituents is 1. The van der Waals surface area contributed by atoms with Crippen molar-refractivity contribution in [2.75, 3.05) is 31.2 Å². The smallest absolute Gasteiger partial charge is 0.327 e. The van der Waals surface area contributed by atoms with Gasteiger partial charge in [0, 0.05) is 67.3 Å². The maximum atomic E-state index is 15.4. The number of aliphatic hydroxyl groups is 3. The molecule has 25 N–H and O–H groups in total. The van der Waals surface area contributed by atoms with Crippen LogP contribution in [-0.2, 0) is 89.6 Å². The van der Waals surface area contributed by atoms with Crippen LogP contribution in [0.5, 0.6) is 5.75 Å². The molecule has 0 fully saturated rings. The Labute approximate surface area is 657 Å². The van der Waals surface area contributed by atoms with Gasteiger partial charge in [0.05, 0.1) is 24.9 Å². The molecular formula is C76H101N17O17S2. The molecule has 0 aliphatic rings. The van der Waals surface area contributed by atoms with Gasteiger partial charge >= 0.3 is 5.97 Å². The number of aliphatic hydroxyl groups excluding tert-OH is 3. The topological polar surface area (TPSA) is 568 Å². The summed E-state index contributed by atoms with van der Waals surface area (Å²) in [5.41, 5.74) is 20.5. The van der Waals surface area contributed by atoms with Gasteiger partial charge in [0.2, 0.25) is 65.0 Å². The number of carboxylic acids is 1. The zero-order valence-corrected chi connectivity index (χ0v) is 63.6. The van der Waals surface area contributed by atoms with Crippen LogP contribution in [0.2, 0.25) is 0 Å². The fraction of sp³-hybridized carbons (Fsp3) is 0.408. The van der Waals surface area contributed by atoms with Crippen molar-refractivity contribution >= 4 is 113 Å². The third-order valence-electron chi connectivity index (χ3n) is 18.0. The Morgan fingerprint density at radius 3 is 1.21 bits per heavy atom. The lowest BCUT2D eigenvalue weighted by molar-refractivity contribution is -0.142. The summed E-state index contributed by atoms with van der Waals surface area (Å²) in [6, 6.07) is 19.2. The number of nitrogens with two attached hydrogens (primary N) is 3. The predicted octanol–water partition coefficient (Wildman–Crippen LogP) is -2.86. The summed E-state index contributed by atoms with van der Waals surface area (Å²) in [5.74, 6) is -13.2. The average Bonchev–Trinajstić information content (AvgIpc) is 1.60. The molecule has 0 radical (unpaired) electrons. The Hall–Kier alpha value is -11.1. The molecule has 34 nitrogen and oxygen atoms in total. The lowest BCUT2D eigenvalue weighted by atomic mass is 9.99. The number of nitrogens with one attached hydrogen (secondary N) is 14. The van der Waals surface area contributed by atoms with E-state index in [2.05, 4.69) is 94.0 Å². The van der Waals surface area contributed by atoms with E-state index >= 15 is 19.2 Å². The molecule has 5 aromatic carbocycles. The molecule has 1 aromatic heterocycles. The molecule has 0 bridgehead atoms. The Bertz CT molecular complexity index is 4130. The fourth-order valence-electron chi connectivity index (χ4n) is 11.8. The third kappa shape index (κ3) is 28.9. The van der Waals surface area contributed by atoms with Crippen molar-refractivity contribution in [1.29, 1.82) is 5.41 Å². The second kappa shape index (κ2) is 45.9. The number of thiol groups is 2. The number of hydrogen-bond donors (Lipinski definition) is 24. The van der Waals surface area contributed by atoms with Crippen LogP contribution in [0.4, 0.5) is 0 Å². The van der Waals surface area contributed by atoms with E-state index in [0.29, 0.717) is 45.1 Å². The van der Waals surface area contributed by atoms with Crippen molar-refractivity contribution in [2.45, 2.75) is 163 Å². The monoisotopic (exact) mass is 1590 g/mol. The fourth-order valence-corrected chi connectivity index (χ4v) is 12.2. The number of phenols is 1. The zero-order chi connectivity index (χ0) is 82.0. The van der Waals surface area contributed by atoms with Crippen molar-refractivity contribution in [1.82, 2.24) is 68.8 Å². The number of aromatic hydroxyl groups is 1. The number of para-hydroxylation sites is 1. The van der Waals surface area contributed by atoms with Gasteiger partial charge in [-0.05, 0) is 98.5 Å². The number of H-pyrrole nitrogens is 1. The summed E-state index contributed by atoms with van der Waals surface area (Å²) in [5, 5.41) is 90.8. The van der Waals surface area contributed by atoms with E-state index in [9.17, 15) is 63.9 Å². The molecular weight excluding hydrogens is 1490 g/mol. The molecule has 2 unspecified atom stereocenters. The number of amides is 11. The first-order valence-corrected chi connectivity index (χ1v) is 37.5. The molecule has 1 heterocycles. The van der Waals surface area contributed by atoms with E-state index in [1.807, 2.05) is 0 Å². The highest BCUT2D eigenvalue weighted by molar-refractivity contribution is 7.80. The maximum Gasteiger partial charge on any atom is 0.327 e.